The quantitative estimate of drug-likeness (QED) is 0.651. The van der Waals surface area contributed by atoms with E-state index in [2.05, 4.69) is 4.98 Å². The average Bonchev–Trinajstić information content (AvgIpc) is 2.80. The molecule has 0 aliphatic carbocycles. The molecule has 2 N–H and O–H groups in total. The maximum atomic E-state index is 12.9. The Hall–Kier alpha value is -2.08. The molecule has 0 aliphatic heterocycles. The molecule has 0 bridgehead atoms. The number of nitrogens with zero attached hydrogens (tertiary/aromatic N) is 1. The van der Waals surface area contributed by atoms with E-state index in [1.54, 1.807) is 6.07 Å². The molecule has 1 heterocycles. The molecule has 0 amide bonds. The Bertz CT molecular complexity index is 821. The molecule has 21 heavy (non-hydrogen) atoms. The topological polar surface area (TPSA) is 38.9 Å². The first kappa shape index (κ1) is 13.9. The smallest absolute Gasteiger partial charge is 0.398 e. The third-order valence-corrected chi connectivity index (χ3v) is 4.22. The number of aromatic nitrogens is 1. The molecule has 6 heteroatoms. The summed E-state index contributed by atoms with van der Waals surface area (Å²) in [7, 11) is 0. The van der Waals surface area contributed by atoms with Crippen LogP contribution in [0.15, 0.2) is 36.4 Å². The van der Waals surface area contributed by atoms with Crippen LogP contribution in [0.25, 0.3) is 20.8 Å². The number of rotatable bonds is 1. The Labute approximate surface area is 123 Å². The van der Waals surface area contributed by atoms with Crippen molar-refractivity contribution in [1.82, 2.24) is 4.98 Å². The van der Waals surface area contributed by atoms with Crippen molar-refractivity contribution in [1.29, 1.82) is 0 Å². The van der Waals surface area contributed by atoms with Crippen LogP contribution in [0.1, 0.15) is 11.1 Å². The molecule has 0 radical (unpaired) electrons. The number of nitrogen functional groups attached to an aromatic ring is 1. The van der Waals surface area contributed by atoms with Gasteiger partial charge in [-0.05, 0) is 42.8 Å². The van der Waals surface area contributed by atoms with E-state index < -0.39 is 11.7 Å². The molecule has 2 aromatic carbocycles. The van der Waals surface area contributed by atoms with Crippen molar-refractivity contribution >= 4 is 27.2 Å². The first-order valence-corrected chi connectivity index (χ1v) is 7.00. The summed E-state index contributed by atoms with van der Waals surface area (Å²) in [5.74, 6) is 0. The van der Waals surface area contributed by atoms with Gasteiger partial charge in [-0.2, -0.15) is 13.2 Å². The molecule has 2 nitrogen and oxygen atoms in total. The van der Waals surface area contributed by atoms with E-state index in [1.165, 1.54) is 17.4 Å². The molecule has 0 atom stereocenters. The second-order valence-electron chi connectivity index (χ2n) is 4.79. The molecule has 0 saturated carbocycles. The van der Waals surface area contributed by atoms with Crippen LogP contribution in [0, 0.1) is 6.92 Å². The third kappa shape index (κ3) is 2.58. The molecule has 0 spiro atoms. The fourth-order valence-corrected chi connectivity index (χ4v) is 3.15. The number of halogens is 3. The standard InChI is InChI=1S/C15H11F3N2S/c1-8-2-5-12-13(6-8)21-14(20-12)9-3-4-11(19)10(7-9)15(16,17)18/h2-7H,19H2,1H3. The van der Waals surface area contributed by atoms with Gasteiger partial charge in [0.25, 0.3) is 0 Å². The van der Waals surface area contributed by atoms with Gasteiger partial charge in [-0.1, -0.05) is 6.07 Å². The Morgan fingerprint density at radius 3 is 2.57 bits per heavy atom. The highest BCUT2D eigenvalue weighted by atomic mass is 32.1. The van der Waals surface area contributed by atoms with Crippen molar-refractivity contribution < 1.29 is 13.2 Å². The highest BCUT2D eigenvalue weighted by Crippen LogP contribution is 2.38. The van der Waals surface area contributed by atoms with Gasteiger partial charge in [0.2, 0.25) is 0 Å². The molecular formula is C15H11F3N2S. The summed E-state index contributed by atoms with van der Waals surface area (Å²) >= 11 is 1.37. The van der Waals surface area contributed by atoms with Gasteiger partial charge in [-0.25, -0.2) is 4.98 Å². The fourth-order valence-electron chi connectivity index (χ4n) is 2.09. The van der Waals surface area contributed by atoms with Crippen LogP contribution in [0.4, 0.5) is 18.9 Å². The number of anilines is 1. The van der Waals surface area contributed by atoms with Gasteiger partial charge in [0.15, 0.2) is 0 Å². The minimum atomic E-state index is -4.46. The average molecular weight is 308 g/mol. The van der Waals surface area contributed by atoms with Crippen LogP contribution in [0.3, 0.4) is 0 Å². The number of benzene rings is 2. The van der Waals surface area contributed by atoms with Crippen molar-refractivity contribution in [2.75, 3.05) is 5.73 Å². The largest absolute Gasteiger partial charge is 0.418 e. The number of fused-ring (bicyclic) bond motifs is 1. The van der Waals surface area contributed by atoms with E-state index in [-0.39, 0.29) is 5.69 Å². The maximum absolute atomic E-state index is 12.9. The number of thiazole rings is 1. The normalized spacial score (nSPS) is 12.0. The number of hydrogen-bond acceptors (Lipinski definition) is 3. The van der Waals surface area contributed by atoms with E-state index in [4.69, 9.17) is 5.73 Å². The molecule has 108 valence electrons. The molecule has 0 aliphatic rings. The zero-order valence-corrected chi connectivity index (χ0v) is 11.8. The molecule has 1 aromatic heterocycles. The predicted octanol–water partition coefficient (Wildman–Crippen LogP) is 4.87. The summed E-state index contributed by atoms with van der Waals surface area (Å²) in [6.07, 6.45) is -4.46. The molecule has 0 unspecified atom stereocenters. The maximum Gasteiger partial charge on any atom is 0.418 e. The number of nitrogens with two attached hydrogens (primary N) is 1. The van der Waals surface area contributed by atoms with E-state index >= 15 is 0 Å². The van der Waals surface area contributed by atoms with Crippen molar-refractivity contribution in [3.05, 3.63) is 47.5 Å². The van der Waals surface area contributed by atoms with Gasteiger partial charge >= 0.3 is 6.18 Å². The van der Waals surface area contributed by atoms with Crippen LogP contribution >= 0.6 is 11.3 Å². The lowest BCUT2D eigenvalue weighted by atomic mass is 10.1. The SMILES string of the molecule is Cc1ccc2nc(-c3ccc(N)c(C(F)(F)F)c3)sc2c1. The Balaban J connectivity index is 2.14. The van der Waals surface area contributed by atoms with Crippen LogP contribution < -0.4 is 5.73 Å². The van der Waals surface area contributed by atoms with Gasteiger partial charge in [-0.15, -0.1) is 11.3 Å². The Morgan fingerprint density at radius 1 is 1.10 bits per heavy atom. The van der Waals surface area contributed by atoms with Crippen molar-refractivity contribution in [3.63, 3.8) is 0 Å². The number of aryl methyl sites for hydroxylation is 1. The predicted molar refractivity (Wildman–Crippen MR) is 79.2 cm³/mol. The van der Waals surface area contributed by atoms with E-state index in [1.807, 2.05) is 25.1 Å². The summed E-state index contributed by atoms with van der Waals surface area (Å²) in [6, 6.07) is 9.66. The van der Waals surface area contributed by atoms with Gasteiger partial charge in [0.05, 0.1) is 15.8 Å². The van der Waals surface area contributed by atoms with Crippen molar-refractivity contribution in [2.45, 2.75) is 13.1 Å². The molecular weight excluding hydrogens is 297 g/mol. The van der Waals surface area contributed by atoms with Crippen LogP contribution in [0.5, 0.6) is 0 Å². The van der Waals surface area contributed by atoms with E-state index in [0.717, 1.165) is 21.8 Å². The van der Waals surface area contributed by atoms with Crippen LogP contribution in [-0.2, 0) is 6.18 Å². The van der Waals surface area contributed by atoms with E-state index in [0.29, 0.717) is 10.6 Å². The summed E-state index contributed by atoms with van der Waals surface area (Å²) in [5, 5.41) is 0.557. The number of alkyl halides is 3. The number of hydrogen-bond donors (Lipinski definition) is 1. The molecule has 0 fully saturated rings. The lowest BCUT2D eigenvalue weighted by molar-refractivity contribution is -0.136. The molecule has 3 rings (SSSR count). The zero-order chi connectivity index (χ0) is 15.2. The lowest BCUT2D eigenvalue weighted by Gasteiger charge is -2.10. The summed E-state index contributed by atoms with van der Waals surface area (Å²) < 4.78 is 39.7. The highest BCUT2D eigenvalue weighted by molar-refractivity contribution is 7.21. The highest BCUT2D eigenvalue weighted by Gasteiger charge is 2.33. The van der Waals surface area contributed by atoms with Crippen molar-refractivity contribution in [2.24, 2.45) is 0 Å². The fraction of sp³-hybridized carbons (Fsp3) is 0.133. The Kier molecular flexibility index (Phi) is 3.13. The first-order chi connectivity index (χ1) is 9.84. The van der Waals surface area contributed by atoms with Gasteiger partial charge in [0.1, 0.15) is 5.01 Å². The molecule has 0 saturated heterocycles. The van der Waals surface area contributed by atoms with Gasteiger partial charge in [-0.3, -0.25) is 0 Å². The summed E-state index contributed by atoms with van der Waals surface area (Å²) in [6.45, 7) is 1.96. The van der Waals surface area contributed by atoms with Gasteiger partial charge in [0, 0.05) is 11.3 Å². The van der Waals surface area contributed by atoms with E-state index in [9.17, 15) is 13.2 Å². The monoisotopic (exact) mass is 308 g/mol. The van der Waals surface area contributed by atoms with Gasteiger partial charge < -0.3 is 5.73 Å². The summed E-state index contributed by atoms with van der Waals surface area (Å²) in [5.41, 5.74) is 6.61. The second kappa shape index (κ2) is 4.73. The Morgan fingerprint density at radius 2 is 1.86 bits per heavy atom. The third-order valence-electron chi connectivity index (χ3n) is 3.15. The summed E-state index contributed by atoms with van der Waals surface area (Å²) in [4.78, 5) is 4.39. The van der Waals surface area contributed by atoms with Crippen LogP contribution in [0.2, 0.25) is 0 Å². The first-order valence-electron chi connectivity index (χ1n) is 6.19. The minimum absolute atomic E-state index is 0.275. The van der Waals surface area contributed by atoms with Crippen LogP contribution in [-0.4, -0.2) is 4.98 Å². The lowest BCUT2D eigenvalue weighted by Crippen LogP contribution is -2.08. The van der Waals surface area contributed by atoms with Crippen molar-refractivity contribution in [3.8, 4) is 10.6 Å². The minimum Gasteiger partial charge on any atom is -0.398 e. The second-order valence-corrected chi connectivity index (χ2v) is 5.82. The zero-order valence-electron chi connectivity index (χ0n) is 11.0. The molecule has 3 aromatic rings.